The van der Waals surface area contributed by atoms with Gasteiger partial charge in [-0.2, -0.15) is 0 Å². The number of unbranched alkanes of at least 4 members (excludes halogenated alkanes) is 2. The smallest absolute Gasteiger partial charge is 0.305 e. The molecule has 4 rings (SSSR count). The molecule has 0 aliphatic rings. The number of benzene rings is 3. The summed E-state index contributed by atoms with van der Waals surface area (Å²) in [6, 6.07) is 24.3. The van der Waals surface area contributed by atoms with E-state index in [2.05, 4.69) is 49.6 Å². The van der Waals surface area contributed by atoms with Gasteiger partial charge in [0.2, 0.25) is 0 Å². The van der Waals surface area contributed by atoms with Crippen LogP contribution in [0.25, 0.3) is 10.9 Å². The van der Waals surface area contributed by atoms with Gasteiger partial charge < -0.3 is 14.0 Å². The maximum absolute atomic E-state index is 13.7. The maximum atomic E-state index is 13.7. The van der Waals surface area contributed by atoms with Crippen LogP contribution in [-0.4, -0.2) is 22.9 Å². The van der Waals surface area contributed by atoms with Crippen molar-refractivity contribution in [1.29, 1.82) is 0 Å². The van der Waals surface area contributed by atoms with Gasteiger partial charge in [-0.3, -0.25) is 9.59 Å². The van der Waals surface area contributed by atoms with E-state index in [1.54, 1.807) is 0 Å². The van der Waals surface area contributed by atoms with Crippen molar-refractivity contribution in [3.8, 4) is 5.75 Å². The number of rotatable bonds is 16. The number of esters is 1. The molecule has 0 bridgehead atoms. The highest BCUT2D eigenvalue weighted by Gasteiger charge is 2.18. The van der Waals surface area contributed by atoms with Crippen LogP contribution in [0.5, 0.6) is 5.75 Å². The fourth-order valence-electron chi connectivity index (χ4n) is 5.46. The SMILES string of the molecule is CCCCCC(Oc1ccc(C(=O)c2cn(CCCC(=O)OCC)c3ccccc23)cc1)c1ccc(CC(C)C)cc1. The number of nitrogens with zero attached hydrogens (tertiary/aromatic N) is 1. The topological polar surface area (TPSA) is 57.5 Å². The Labute approximate surface area is 250 Å². The summed E-state index contributed by atoms with van der Waals surface area (Å²) in [5, 5.41) is 0.913. The van der Waals surface area contributed by atoms with Gasteiger partial charge in [0.1, 0.15) is 11.9 Å². The summed E-state index contributed by atoms with van der Waals surface area (Å²) in [5.74, 6) is 1.17. The minimum absolute atomic E-state index is 0.0258. The number of fused-ring (bicyclic) bond motifs is 1. The van der Waals surface area contributed by atoms with Crippen molar-refractivity contribution in [2.24, 2.45) is 5.92 Å². The van der Waals surface area contributed by atoms with Gasteiger partial charge in [-0.1, -0.05) is 76.1 Å². The van der Waals surface area contributed by atoms with Crippen LogP contribution in [0.3, 0.4) is 0 Å². The van der Waals surface area contributed by atoms with Gasteiger partial charge in [0.15, 0.2) is 5.78 Å². The normalized spacial score (nSPS) is 12.0. The second-order valence-corrected chi connectivity index (χ2v) is 11.5. The summed E-state index contributed by atoms with van der Waals surface area (Å²) in [7, 11) is 0. The zero-order valence-electron chi connectivity index (χ0n) is 25.6. The second-order valence-electron chi connectivity index (χ2n) is 11.5. The summed E-state index contributed by atoms with van der Waals surface area (Å²) < 4.78 is 13.6. The molecule has 42 heavy (non-hydrogen) atoms. The van der Waals surface area contributed by atoms with Crippen molar-refractivity contribution in [3.05, 3.63) is 101 Å². The lowest BCUT2D eigenvalue weighted by molar-refractivity contribution is -0.143. The lowest BCUT2D eigenvalue weighted by atomic mass is 9.98. The van der Waals surface area contributed by atoms with Gasteiger partial charge in [0, 0.05) is 41.2 Å². The third kappa shape index (κ3) is 8.34. The van der Waals surface area contributed by atoms with Gasteiger partial charge in [0.25, 0.3) is 0 Å². The average molecular weight is 568 g/mol. The molecule has 0 saturated carbocycles. The number of carbonyl (C=O) groups excluding carboxylic acids is 2. The number of para-hydroxylation sites is 1. The van der Waals surface area contributed by atoms with Gasteiger partial charge in [-0.15, -0.1) is 0 Å². The highest BCUT2D eigenvalue weighted by Crippen LogP contribution is 2.29. The molecule has 0 amide bonds. The molecule has 0 aliphatic carbocycles. The van der Waals surface area contributed by atoms with E-state index in [1.165, 1.54) is 24.0 Å². The Kier molecular flexibility index (Phi) is 11.4. The predicted molar refractivity (Wildman–Crippen MR) is 170 cm³/mol. The first-order valence-corrected chi connectivity index (χ1v) is 15.5. The van der Waals surface area contributed by atoms with Gasteiger partial charge in [-0.05, 0) is 80.0 Å². The maximum Gasteiger partial charge on any atom is 0.305 e. The van der Waals surface area contributed by atoms with E-state index < -0.39 is 0 Å². The van der Waals surface area contributed by atoms with E-state index in [1.807, 2.05) is 61.7 Å². The van der Waals surface area contributed by atoms with Crippen LogP contribution in [0.15, 0.2) is 79.0 Å². The highest BCUT2D eigenvalue weighted by molar-refractivity contribution is 6.16. The number of aromatic nitrogens is 1. The molecule has 1 atom stereocenters. The van der Waals surface area contributed by atoms with Gasteiger partial charge in [0.05, 0.1) is 6.61 Å². The zero-order chi connectivity index (χ0) is 29.9. The average Bonchev–Trinajstić information content (AvgIpc) is 3.35. The molecule has 0 radical (unpaired) electrons. The highest BCUT2D eigenvalue weighted by atomic mass is 16.5. The van der Waals surface area contributed by atoms with Crippen LogP contribution >= 0.6 is 0 Å². The Morgan fingerprint density at radius 1 is 0.857 bits per heavy atom. The molecule has 222 valence electrons. The summed E-state index contributed by atoms with van der Waals surface area (Å²) in [5.41, 5.74) is 4.81. The van der Waals surface area contributed by atoms with Crippen molar-refractivity contribution in [2.75, 3.05) is 6.61 Å². The van der Waals surface area contributed by atoms with Crippen LogP contribution < -0.4 is 4.74 Å². The molecule has 0 N–H and O–H groups in total. The van der Waals surface area contributed by atoms with Gasteiger partial charge >= 0.3 is 5.97 Å². The summed E-state index contributed by atoms with van der Waals surface area (Å²) in [4.78, 5) is 25.4. The van der Waals surface area contributed by atoms with Crippen LogP contribution in [0.2, 0.25) is 0 Å². The molecule has 4 aromatic rings. The minimum Gasteiger partial charge on any atom is -0.486 e. The van der Waals surface area contributed by atoms with Crippen LogP contribution in [0, 0.1) is 5.92 Å². The largest absolute Gasteiger partial charge is 0.486 e. The van der Waals surface area contributed by atoms with Crippen LogP contribution in [0.4, 0.5) is 0 Å². The molecule has 1 unspecified atom stereocenters. The molecule has 0 saturated heterocycles. The molecular formula is C37H45NO4. The Hall–Kier alpha value is -3.86. The predicted octanol–water partition coefficient (Wildman–Crippen LogP) is 9.11. The standard InChI is InChI=1S/C37H45NO4/c1-5-7-8-14-35(29-18-16-28(17-19-29)25-27(3)4)42-31-22-20-30(21-23-31)37(40)33-26-38(24-11-15-36(39)41-6-2)34-13-10-9-12-32(33)34/h9-10,12-13,16-23,26-27,35H,5-8,11,14-15,24-25H2,1-4H3. The molecule has 1 aromatic heterocycles. The fraction of sp³-hybridized carbons (Fsp3) is 0.405. The van der Waals surface area contributed by atoms with E-state index in [0.29, 0.717) is 43.0 Å². The first-order chi connectivity index (χ1) is 20.4. The second kappa shape index (κ2) is 15.4. The number of hydrogen-bond acceptors (Lipinski definition) is 4. The fourth-order valence-corrected chi connectivity index (χ4v) is 5.46. The Bertz CT molecular complexity index is 1430. The monoisotopic (exact) mass is 567 g/mol. The third-order valence-electron chi connectivity index (χ3n) is 7.58. The van der Waals surface area contributed by atoms with Gasteiger partial charge in [-0.25, -0.2) is 0 Å². The third-order valence-corrected chi connectivity index (χ3v) is 7.58. The molecule has 3 aromatic carbocycles. The first-order valence-electron chi connectivity index (χ1n) is 15.5. The molecule has 5 heteroatoms. The number of hydrogen-bond donors (Lipinski definition) is 0. The Balaban J connectivity index is 1.48. The first kappa shape index (κ1) is 31.1. The molecule has 1 heterocycles. The van der Waals surface area contributed by atoms with E-state index in [0.717, 1.165) is 35.9 Å². The van der Waals surface area contributed by atoms with Crippen molar-refractivity contribution in [3.63, 3.8) is 0 Å². The lowest BCUT2D eigenvalue weighted by Crippen LogP contribution is -2.09. The van der Waals surface area contributed by atoms with Crippen molar-refractivity contribution in [1.82, 2.24) is 4.57 Å². The molecular weight excluding hydrogens is 522 g/mol. The summed E-state index contributed by atoms with van der Waals surface area (Å²) in [6.07, 6.45) is 8.36. The Morgan fingerprint density at radius 2 is 1.60 bits per heavy atom. The zero-order valence-corrected chi connectivity index (χ0v) is 25.6. The van der Waals surface area contributed by atoms with E-state index in [9.17, 15) is 9.59 Å². The lowest BCUT2D eigenvalue weighted by Gasteiger charge is -2.20. The number of ketones is 1. The van der Waals surface area contributed by atoms with E-state index in [-0.39, 0.29) is 17.9 Å². The molecule has 0 spiro atoms. The van der Waals surface area contributed by atoms with E-state index in [4.69, 9.17) is 9.47 Å². The molecule has 5 nitrogen and oxygen atoms in total. The van der Waals surface area contributed by atoms with Crippen LogP contribution in [-0.2, 0) is 22.5 Å². The molecule has 0 fully saturated rings. The van der Waals surface area contributed by atoms with Crippen molar-refractivity contribution in [2.45, 2.75) is 85.3 Å². The Morgan fingerprint density at radius 3 is 2.29 bits per heavy atom. The van der Waals surface area contributed by atoms with Crippen LogP contribution in [0.1, 0.15) is 99.4 Å². The minimum atomic E-state index is -0.191. The summed E-state index contributed by atoms with van der Waals surface area (Å²) in [6.45, 7) is 9.53. The van der Waals surface area contributed by atoms with Crippen molar-refractivity contribution < 1.29 is 19.1 Å². The number of aryl methyl sites for hydroxylation is 1. The molecule has 0 aliphatic heterocycles. The number of ether oxygens (including phenoxy) is 2. The van der Waals surface area contributed by atoms with E-state index >= 15 is 0 Å². The quantitative estimate of drug-likeness (QED) is 0.0770. The number of carbonyl (C=O) groups is 2. The van der Waals surface area contributed by atoms with Crippen molar-refractivity contribution >= 4 is 22.7 Å². The summed E-state index contributed by atoms with van der Waals surface area (Å²) >= 11 is 0.